The van der Waals surface area contributed by atoms with E-state index in [2.05, 4.69) is 11.9 Å². The average Bonchev–Trinajstić information content (AvgIpc) is 2.27. The Morgan fingerprint density at radius 2 is 1.88 bits per heavy atom. The van der Waals surface area contributed by atoms with E-state index < -0.39 is 11.7 Å². The van der Waals surface area contributed by atoms with Crippen molar-refractivity contribution in [1.29, 1.82) is 0 Å². The van der Waals surface area contributed by atoms with Crippen molar-refractivity contribution >= 4 is 5.91 Å². The first-order chi connectivity index (χ1) is 7.84. The third-order valence-corrected chi connectivity index (χ3v) is 2.28. The molecule has 0 aliphatic carbocycles. The van der Waals surface area contributed by atoms with Crippen LogP contribution in [0.15, 0.2) is 36.9 Å². The third-order valence-electron chi connectivity index (χ3n) is 2.28. The Morgan fingerprint density at radius 1 is 1.35 bits per heavy atom. The summed E-state index contributed by atoms with van der Waals surface area (Å²) in [5, 5.41) is 2.57. The highest BCUT2D eigenvalue weighted by Gasteiger charge is 2.30. The molecule has 92 valence electrons. The smallest absolute Gasteiger partial charge is 0.346 e. The molecule has 17 heavy (non-hydrogen) atoms. The zero-order valence-corrected chi connectivity index (χ0v) is 9.21. The lowest BCUT2D eigenvalue weighted by Crippen LogP contribution is -2.24. The Labute approximate surface area is 97.1 Å². The van der Waals surface area contributed by atoms with Crippen LogP contribution in [0.25, 0.3) is 0 Å². The molecule has 1 aromatic carbocycles. The molecule has 0 aliphatic heterocycles. The number of nitrogens with one attached hydrogen (secondary N) is 1. The van der Waals surface area contributed by atoms with E-state index in [-0.39, 0.29) is 11.9 Å². The molecule has 0 aliphatic rings. The lowest BCUT2D eigenvalue weighted by atomic mass is 10.1. The standard InChI is InChI=1S/C12H12F3NO/c1-3-11(17)16-8(2)9-4-6-10(7-5-9)12(13,14)15/h3-8H,1H2,2H3,(H,16,17)/t8-/m1/s1. The molecule has 0 unspecified atom stereocenters. The molecule has 0 heterocycles. The van der Waals surface area contributed by atoms with Crippen LogP contribution < -0.4 is 5.32 Å². The predicted molar refractivity (Wildman–Crippen MR) is 58.2 cm³/mol. The normalized spacial score (nSPS) is 12.9. The Bertz CT molecular complexity index is 409. The monoisotopic (exact) mass is 243 g/mol. The quantitative estimate of drug-likeness (QED) is 0.812. The SMILES string of the molecule is C=CC(=O)N[C@H](C)c1ccc(C(F)(F)F)cc1. The molecular weight excluding hydrogens is 231 g/mol. The second-order valence-corrected chi connectivity index (χ2v) is 3.55. The minimum atomic E-state index is -4.34. The molecule has 1 atom stereocenters. The molecule has 1 rings (SSSR count). The molecule has 0 bridgehead atoms. The molecule has 1 amide bonds. The second kappa shape index (κ2) is 5.03. The largest absolute Gasteiger partial charge is 0.416 e. The van der Waals surface area contributed by atoms with Crippen LogP contribution in [0.3, 0.4) is 0 Å². The van der Waals surface area contributed by atoms with Gasteiger partial charge in [-0.2, -0.15) is 13.2 Å². The summed E-state index contributed by atoms with van der Waals surface area (Å²) in [5.74, 6) is -0.364. The second-order valence-electron chi connectivity index (χ2n) is 3.55. The first-order valence-corrected chi connectivity index (χ1v) is 4.94. The Balaban J connectivity index is 2.80. The van der Waals surface area contributed by atoms with Gasteiger partial charge in [0.15, 0.2) is 0 Å². The summed E-state index contributed by atoms with van der Waals surface area (Å²) in [4.78, 5) is 11.0. The van der Waals surface area contributed by atoms with E-state index >= 15 is 0 Å². The molecule has 0 saturated heterocycles. The average molecular weight is 243 g/mol. The van der Waals surface area contributed by atoms with Gasteiger partial charge in [-0.05, 0) is 30.7 Å². The van der Waals surface area contributed by atoms with E-state index in [0.29, 0.717) is 5.56 Å². The fourth-order valence-electron chi connectivity index (χ4n) is 1.32. The highest BCUT2D eigenvalue weighted by Crippen LogP contribution is 2.29. The zero-order chi connectivity index (χ0) is 13.1. The van der Waals surface area contributed by atoms with E-state index in [0.717, 1.165) is 18.2 Å². The topological polar surface area (TPSA) is 29.1 Å². The van der Waals surface area contributed by atoms with Crippen LogP contribution in [0.5, 0.6) is 0 Å². The first kappa shape index (κ1) is 13.3. The van der Waals surface area contributed by atoms with Crippen molar-refractivity contribution in [2.75, 3.05) is 0 Å². The van der Waals surface area contributed by atoms with Gasteiger partial charge in [0.25, 0.3) is 0 Å². The summed E-state index contributed by atoms with van der Waals surface area (Å²) >= 11 is 0. The molecule has 0 spiro atoms. The molecule has 0 fully saturated rings. The van der Waals surface area contributed by atoms with Gasteiger partial charge in [-0.3, -0.25) is 4.79 Å². The van der Waals surface area contributed by atoms with E-state index in [1.165, 1.54) is 12.1 Å². The van der Waals surface area contributed by atoms with E-state index in [1.54, 1.807) is 6.92 Å². The number of hydrogen-bond acceptors (Lipinski definition) is 1. The zero-order valence-electron chi connectivity index (χ0n) is 9.21. The van der Waals surface area contributed by atoms with Gasteiger partial charge >= 0.3 is 6.18 Å². The van der Waals surface area contributed by atoms with Gasteiger partial charge in [0.2, 0.25) is 5.91 Å². The lowest BCUT2D eigenvalue weighted by Gasteiger charge is -2.14. The first-order valence-electron chi connectivity index (χ1n) is 4.94. The minimum Gasteiger partial charge on any atom is -0.346 e. The van der Waals surface area contributed by atoms with Crippen molar-refractivity contribution in [2.24, 2.45) is 0 Å². The maximum Gasteiger partial charge on any atom is 0.416 e. The number of benzene rings is 1. The summed E-state index contributed by atoms with van der Waals surface area (Å²) in [5.41, 5.74) is -0.100. The van der Waals surface area contributed by atoms with Crippen LogP contribution in [-0.2, 0) is 11.0 Å². The van der Waals surface area contributed by atoms with E-state index in [1.807, 2.05) is 0 Å². The van der Waals surface area contributed by atoms with Crippen LogP contribution >= 0.6 is 0 Å². The summed E-state index contributed by atoms with van der Waals surface area (Å²) in [6, 6.07) is 4.31. The third kappa shape index (κ3) is 3.62. The van der Waals surface area contributed by atoms with Gasteiger partial charge in [-0.15, -0.1) is 0 Å². The molecular formula is C12H12F3NO. The number of amides is 1. The van der Waals surface area contributed by atoms with Crippen molar-refractivity contribution < 1.29 is 18.0 Å². The molecule has 1 aromatic rings. The van der Waals surface area contributed by atoms with Crippen molar-refractivity contribution in [1.82, 2.24) is 5.32 Å². The van der Waals surface area contributed by atoms with Crippen molar-refractivity contribution in [2.45, 2.75) is 19.1 Å². The van der Waals surface area contributed by atoms with Crippen LogP contribution in [0.2, 0.25) is 0 Å². The Hall–Kier alpha value is -1.78. The summed E-state index contributed by atoms with van der Waals surface area (Å²) in [6.45, 7) is 4.98. The molecule has 0 aromatic heterocycles. The minimum absolute atomic E-state index is 0.359. The lowest BCUT2D eigenvalue weighted by molar-refractivity contribution is -0.137. The van der Waals surface area contributed by atoms with Crippen LogP contribution in [-0.4, -0.2) is 5.91 Å². The van der Waals surface area contributed by atoms with Gasteiger partial charge in [0, 0.05) is 0 Å². The highest BCUT2D eigenvalue weighted by molar-refractivity contribution is 5.87. The highest BCUT2D eigenvalue weighted by atomic mass is 19.4. The number of rotatable bonds is 3. The number of carbonyl (C=O) groups is 1. The van der Waals surface area contributed by atoms with Gasteiger partial charge in [-0.25, -0.2) is 0 Å². The molecule has 0 saturated carbocycles. The maximum atomic E-state index is 12.3. The van der Waals surface area contributed by atoms with Crippen LogP contribution in [0.4, 0.5) is 13.2 Å². The predicted octanol–water partition coefficient (Wildman–Crippen LogP) is 3.07. The summed E-state index contributed by atoms with van der Waals surface area (Å²) < 4.78 is 36.9. The van der Waals surface area contributed by atoms with E-state index in [9.17, 15) is 18.0 Å². The maximum absolute atomic E-state index is 12.3. The number of alkyl halides is 3. The number of halogens is 3. The van der Waals surface area contributed by atoms with Gasteiger partial charge in [-0.1, -0.05) is 18.7 Å². The fraction of sp³-hybridized carbons (Fsp3) is 0.250. The Morgan fingerprint density at radius 3 is 2.29 bits per heavy atom. The van der Waals surface area contributed by atoms with Crippen LogP contribution in [0, 0.1) is 0 Å². The molecule has 5 heteroatoms. The Kier molecular flexibility index (Phi) is 3.93. The van der Waals surface area contributed by atoms with Crippen molar-refractivity contribution in [3.8, 4) is 0 Å². The molecule has 1 N–H and O–H groups in total. The number of carbonyl (C=O) groups excluding carboxylic acids is 1. The van der Waals surface area contributed by atoms with Crippen molar-refractivity contribution in [3.63, 3.8) is 0 Å². The summed E-state index contributed by atoms with van der Waals surface area (Å²) in [7, 11) is 0. The van der Waals surface area contributed by atoms with E-state index in [4.69, 9.17) is 0 Å². The molecule has 0 radical (unpaired) electrons. The fourth-order valence-corrected chi connectivity index (χ4v) is 1.32. The van der Waals surface area contributed by atoms with Crippen LogP contribution in [0.1, 0.15) is 24.1 Å². The van der Waals surface area contributed by atoms with Crippen molar-refractivity contribution in [3.05, 3.63) is 48.0 Å². The van der Waals surface area contributed by atoms with Gasteiger partial charge in [0.1, 0.15) is 0 Å². The van der Waals surface area contributed by atoms with Gasteiger partial charge < -0.3 is 5.32 Å². The summed E-state index contributed by atoms with van der Waals surface area (Å²) in [6.07, 6.45) is -3.23. The van der Waals surface area contributed by atoms with Gasteiger partial charge in [0.05, 0.1) is 11.6 Å². The number of hydrogen-bond donors (Lipinski definition) is 1. The molecule has 2 nitrogen and oxygen atoms in total.